The lowest BCUT2D eigenvalue weighted by molar-refractivity contribution is -0.128. The minimum Gasteiger partial charge on any atom is -0.241 e. The zero-order chi connectivity index (χ0) is 10.8. The fourth-order valence-corrected chi connectivity index (χ4v) is 1.49. The average Bonchev–Trinajstić information content (AvgIpc) is 2.01. The normalized spacial score (nSPS) is 11.8. The fourth-order valence-electron chi connectivity index (χ4n) is 0.936. The molecular weight excluding hydrogens is 261 g/mol. The van der Waals surface area contributed by atoms with E-state index in [1.54, 1.807) is 6.92 Å². The molecule has 0 fully saturated rings. The Kier molecular flexibility index (Phi) is 3.47. The summed E-state index contributed by atoms with van der Waals surface area (Å²) in [5.41, 5.74) is 1.38. The van der Waals surface area contributed by atoms with Crippen molar-refractivity contribution in [3.05, 3.63) is 23.3 Å². The van der Waals surface area contributed by atoms with Gasteiger partial charge in [0.15, 0.2) is 0 Å². The molecule has 0 atom stereocenters. The Morgan fingerprint density at radius 3 is 2.50 bits per heavy atom. The number of halogens is 4. The van der Waals surface area contributed by atoms with E-state index in [1.165, 1.54) is 6.20 Å². The second-order valence-electron chi connectivity index (χ2n) is 2.82. The number of nitrogens with zero attached hydrogens (tertiary/aromatic N) is 2. The lowest BCUT2D eigenvalue weighted by Gasteiger charge is -2.06. The monoisotopic (exact) mass is 268 g/mol. The quantitative estimate of drug-likeness (QED) is 0.771. The minimum atomic E-state index is -4.25. The Bertz CT molecular complexity index is 325. The van der Waals surface area contributed by atoms with Crippen LogP contribution in [0.1, 0.15) is 17.1 Å². The van der Waals surface area contributed by atoms with Crippen LogP contribution in [0.15, 0.2) is 6.20 Å². The Balaban J connectivity index is 2.87. The fraction of sp³-hybridized carbons (Fsp3) is 0.500. The summed E-state index contributed by atoms with van der Waals surface area (Å²) in [5, 5.41) is 0.547. The van der Waals surface area contributed by atoms with Gasteiger partial charge >= 0.3 is 6.18 Å². The molecule has 0 aliphatic rings. The second kappa shape index (κ2) is 4.25. The highest BCUT2D eigenvalue weighted by atomic mass is 79.9. The zero-order valence-electron chi connectivity index (χ0n) is 7.40. The first-order valence-corrected chi connectivity index (χ1v) is 4.98. The average molecular weight is 269 g/mol. The molecule has 2 nitrogen and oxygen atoms in total. The van der Waals surface area contributed by atoms with Crippen molar-refractivity contribution in [3.63, 3.8) is 0 Å². The Hall–Kier alpha value is -0.650. The van der Waals surface area contributed by atoms with Crippen molar-refractivity contribution >= 4 is 15.9 Å². The molecule has 6 heteroatoms. The van der Waals surface area contributed by atoms with E-state index in [1.807, 2.05) is 0 Å². The molecule has 1 heterocycles. The summed E-state index contributed by atoms with van der Waals surface area (Å²) < 4.78 is 35.9. The van der Waals surface area contributed by atoms with Gasteiger partial charge in [-0.3, -0.25) is 0 Å². The van der Waals surface area contributed by atoms with E-state index in [0.717, 1.165) is 5.56 Å². The van der Waals surface area contributed by atoms with E-state index in [2.05, 4.69) is 25.9 Å². The van der Waals surface area contributed by atoms with Crippen LogP contribution in [0.25, 0.3) is 0 Å². The molecule has 0 N–H and O–H groups in total. The van der Waals surface area contributed by atoms with E-state index in [0.29, 0.717) is 11.0 Å². The van der Waals surface area contributed by atoms with Crippen LogP contribution >= 0.6 is 15.9 Å². The Labute approximate surface area is 87.7 Å². The molecule has 0 aliphatic carbocycles. The van der Waals surface area contributed by atoms with Crippen molar-refractivity contribution in [1.29, 1.82) is 0 Å². The molecule has 0 amide bonds. The molecule has 1 aromatic rings. The van der Waals surface area contributed by atoms with E-state index in [-0.39, 0.29) is 5.82 Å². The lowest BCUT2D eigenvalue weighted by atomic mass is 10.2. The highest BCUT2D eigenvalue weighted by molar-refractivity contribution is 9.08. The van der Waals surface area contributed by atoms with E-state index in [9.17, 15) is 13.2 Å². The van der Waals surface area contributed by atoms with Gasteiger partial charge in [-0.2, -0.15) is 13.2 Å². The predicted octanol–water partition coefficient (Wildman–Crippen LogP) is 2.78. The van der Waals surface area contributed by atoms with Gasteiger partial charge in [0, 0.05) is 22.8 Å². The van der Waals surface area contributed by atoms with Crippen molar-refractivity contribution < 1.29 is 13.2 Å². The van der Waals surface area contributed by atoms with E-state index >= 15 is 0 Å². The van der Waals surface area contributed by atoms with Crippen LogP contribution in [0.4, 0.5) is 13.2 Å². The second-order valence-corrected chi connectivity index (χ2v) is 3.38. The Morgan fingerprint density at radius 2 is 2.07 bits per heavy atom. The standard InChI is InChI=1S/C8H8BrF3N2/c1-5-6(3-9)4-13-7(14-5)2-8(10,11)12/h4H,2-3H2,1H3. The van der Waals surface area contributed by atoms with Gasteiger partial charge < -0.3 is 0 Å². The van der Waals surface area contributed by atoms with Crippen LogP contribution in [0.2, 0.25) is 0 Å². The first kappa shape index (κ1) is 11.4. The molecule has 78 valence electrons. The van der Waals surface area contributed by atoms with Crippen LogP contribution in [-0.4, -0.2) is 16.1 Å². The first-order valence-electron chi connectivity index (χ1n) is 3.86. The highest BCUT2D eigenvalue weighted by Crippen LogP contribution is 2.19. The van der Waals surface area contributed by atoms with Crippen molar-refractivity contribution in [2.75, 3.05) is 0 Å². The molecule has 0 radical (unpaired) electrons. The topological polar surface area (TPSA) is 25.8 Å². The molecular formula is C8H8BrF3N2. The predicted molar refractivity (Wildman–Crippen MR) is 49.2 cm³/mol. The van der Waals surface area contributed by atoms with Crippen LogP contribution in [0, 0.1) is 6.92 Å². The maximum Gasteiger partial charge on any atom is 0.396 e. The number of alkyl halides is 4. The van der Waals surface area contributed by atoms with Crippen molar-refractivity contribution in [3.8, 4) is 0 Å². The third-order valence-corrected chi connectivity index (χ3v) is 2.24. The SMILES string of the molecule is Cc1nc(CC(F)(F)F)ncc1CBr. The minimum absolute atomic E-state index is 0.181. The van der Waals surface area contributed by atoms with Crippen LogP contribution in [-0.2, 0) is 11.8 Å². The van der Waals surface area contributed by atoms with Crippen LogP contribution < -0.4 is 0 Å². The Morgan fingerprint density at radius 1 is 1.43 bits per heavy atom. The van der Waals surface area contributed by atoms with Gasteiger partial charge in [0.2, 0.25) is 0 Å². The van der Waals surface area contributed by atoms with Crippen molar-refractivity contribution in [2.45, 2.75) is 24.9 Å². The third kappa shape index (κ3) is 3.25. The van der Waals surface area contributed by atoms with Gasteiger partial charge in [0.05, 0.1) is 0 Å². The van der Waals surface area contributed by atoms with Gasteiger partial charge in [-0.05, 0) is 6.92 Å². The number of aromatic nitrogens is 2. The first-order chi connectivity index (χ1) is 6.42. The largest absolute Gasteiger partial charge is 0.396 e. The van der Waals surface area contributed by atoms with Gasteiger partial charge in [0.1, 0.15) is 12.2 Å². The van der Waals surface area contributed by atoms with Crippen molar-refractivity contribution in [1.82, 2.24) is 9.97 Å². The maximum absolute atomic E-state index is 12.0. The molecule has 0 aliphatic heterocycles. The van der Waals surface area contributed by atoms with Crippen LogP contribution in [0.3, 0.4) is 0 Å². The number of rotatable bonds is 2. The molecule has 1 rings (SSSR count). The zero-order valence-corrected chi connectivity index (χ0v) is 8.98. The lowest BCUT2D eigenvalue weighted by Crippen LogP contribution is -2.14. The molecule has 0 saturated carbocycles. The third-order valence-electron chi connectivity index (χ3n) is 1.63. The summed E-state index contributed by atoms with van der Waals surface area (Å²) in [4.78, 5) is 7.40. The van der Waals surface area contributed by atoms with E-state index < -0.39 is 12.6 Å². The summed E-state index contributed by atoms with van der Waals surface area (Å²) >= 11 is 3.19. The van der Waals surface area contributed by atoms with Gasteiger partial charge in [0.25, 0.3) is 0 Å². The molecule has 14 heavy (non-hydrogen) atoms. The van der Waals surface area contributed by atoms with Gasteiger partial charge in [-0.15, -0.1) is 0 Å². The summed E-state index contributed by atoms with van der Waals surface area (Å²) in [6, 6.07) is 0. The molecule has 0 aromatic carbocycles. The highest BCUT2D eigenvalue weighted by Gasteiger charge is 2.29. The van der Waals surface area contributed by atoms with E-state index in [4.69, 9.17) is 0 Å². The molecule has 1 aromatic heterocycles. The number of aryl methyl sites for hydroxylation is 1. The summed E-state index contributed by atoms with van der Waals surface area (Å²) in [5.74, 6) is -0.181. The number of hydrogen-bond donors (Lipinski definition) is 0. The summed E-state index contributed by atoms with van der Waals surface area (Å²) in [6.45, 7) is 1.66. The smallest absolute Gasteiger partial charge is 0.241 e. The summed E-state index contributed by atoms with van der Waals surface area (Å²) in [7, 11) is 0. The maximum atomic E-state index is 12.0. The van der Waals surface area contributed by atoms with Crippen molar-refractivity contribution in [2.24, 2.45) is 0 Å². The summed E-state index contributed by atoms with van der Waals surface area (Å²) in [6.07, 6.45) is -3.91. The molecule has 0 spiro atoms. The molecule has 0 unspecified atom stereocenters. The van der Waals surface area contributed by atoms with Gasteiger partial charge in [-0.25, -0.2) is 9.97 Å². The van der Waals surface area contributed by atoms with Gasteiger partial charge in [-0.1, -0.05) is 15.9 Å². The number of hydrogen-bond acceptors (Lipinski definition) is 2. The molecule has 0 bridgehead atoms. The van der Waals surface area contributed by atoms with Crippen LogP contribution in [0.5, 0.6) is 0 Å². The molecule has 0 saturated heterocycles.